The van der Waals surface area contributed by atoms with Crippen molar-refractivity contribution in [1.29, 1.82) is 0 Å². The monoisotopic (exact) mass is 188 g/mol. The van der Waals surface area contributed by atoms with E-state index < -0.39 is 0 Å². The van der Waals surface area contributed by atoms with Gasteiger partial charge in [-0.25, -0.2) is 0 Å². The Morgan fingerprint density at radius 2 is 2.23 bits per heavy atom. The van der Waals surface area contributed by atoms with Gasteiger partial charge in [0.05, 0.1) is 13.2 Å². The van der Waals surface area contributed by atoms with E-state index in [1.165, 1.54) is 0 Å². The van der Waals surface area contributed by atoms with E-state index >= 15 is 0 Å². The molecule has 4 nitrogen and oxygen atoms in total. The van der Waals surface area contributed by atoms with E-state index in [0.29, 0.717) is 0 Å². The van der Waals surface area contributed by atoms with Gasteiger partial charge in [-0.05, 0) is 7.05 Å². The van der Waals surface area contributed by atoms with Gasteiger partial charge in [0.25, 0.3) is 0 Å². The highest BCUT2D eigenvalue weighted by molar-refractivity contribution is 4.79. The first-order valence-electron chi connectivity index (χ1n) is 4.80. The van der Waals surface area contributed by atoms with E-state index in [1.807, 2.05) is 0 Å². The van der Waals surface area contributed by atoms with Gasteiger partial charge in [0.15, 0.2) is 0 Å². The van der Waals surface area contributed by atoms with Crippen LogP contribution in [-0.2, 0) is 4.74 Å². The van der Waals surface area contributed by atoms with Gasteiger partial charge in [0.1, 0.15) is 0 Å². The quantitative estimate of drug-likeness (QED) is 0.629. The van der Waals surface area contributed by atoms with Gasteiger partial charge in [0.2, 0.25) is 0 Å². The molecule has 0 aromatic rings. The van der Waals surface area contributed by atoms with Crippen molar-refractivity contribution in [2.24, 2.45) is 0 Å². The normalized spacial score (nSPS) is 26.5. The Bertz CT molecular complexity index is 142. The summed E-state index contributed by atoms with van der Waals surface area (Å²) in [6.07, 6.45) is 0. The van der Waals surface area contributed by atoms with Crippen molar-refractivity contribution in [3.8, 4) is 0 Å². The Hall–Kier alpha value is -0.160. The molecule has 0 unspecified atom stereocenters. The molecule has 1 saturated heterocycles. The fourth-order valence-corrected chi connectivity index (χ4v) is 1.72. The molecule has 78 valence electrons. The molecule has 1 fully saturated rings. The second-order valence-corrected chi connectivity index (χ2v) is 3.63. The van der Waals surface area contributed by atoms with E-state index in [1.54, 1.807) is 7.11 Å². The number of aliphatic hydroxyl groups excluding tert-OH is 1. The van der Waals surface area contributed by atoms with Gasteiger partial charge >= 0.3 is 0 Å². The Balaban J connectivity index is 2.33. The Labute approximate surface area is 80.1 Å². The van der Waals surface area contributed by atoms with Crippen LogP contribution in [0.5, 0.6) is 0 Å². The van der Waals surface area contributed by atoms with Crippen LogP contribution in [0.15, 0.2) is 0 Å². The van der Waals surface area contributed by atoms with Crippen LogP contribution in [0.3, 0.4) is 0 Å². The SMILES string of the molecule is COCCN1CCN(C)C[C@H]1CO. The first-order chi connectivity index (χ1) is 6.27. The molecule has 0 radical (unpaired) electrons. The average molecular weight is 188 g/mol. The van der Waals surface area contributed by atoms with Crippen molar-refractivity contribution in [3.05, 3.63) is 0 Å². The molecule has 0 bridgehead atoms. The van der Waals surface area contributed by atoms with Crippen molar-refractivity contribution in [2.75, 3.05) is 53.6 Å². The van der Waals surface area contributed by atoms with E-state index in [9.17, 15) is 0 Å². The van der Waals surface area contributed by atoms with Gasteiger partial charge in [-0.1, -0.05) is 0 Å². The van der Waals surface area contributed by atoms with Crippen molar-refractivity contribution in [3.63, 3.8) is 0 Å². The van der Waals surface area contributed by atoms with Crippen LogP contribution in [0.1, 0.15) is 0 Å². The number of ether oxygens (including phenoxy) is 1. The number of piperazine rings is 1. The van der Waals surface area contributed by atoms with Crippen LogP contribution in [0, 0.1) is 0 Å². The topological polar surface area (TPSA) is 35.9 Å². The summed E-state index contributed by atoms with van der Waals surface area (Å²) in [5.74, 6) is 0. The third-order valence-corrected chi connectivity index (χ3v) is 2.60. The summed E-state index contributed by atoms with van der Waals surface area (Å²) in [6.45, 7) is 5.00. The summed E-state index contributed by atoms with van der Waals surface area (Å²) in [5.41, 5.74) is 0. The molecule has 1 rings (SSSR count). The maximum Gasteiger partial charge on any atom is 0.0599 e. The van der Waals surface area contributed by atoms with Gasteiger partial charge in [-0.15, -0.1) is 0 Å². The predicted molar refractivity (Wildman–Crippen MR) is 51.8 cm³/mol. The van der Waals surface area contributed by atoms with E-state index in [2.05, 4.69) is 16.8 Å². The van der Waals surface area contributed by atoms with Crippen molar-refractivity contribution in [2.45, 2.75) is 6.04 Å². The molecule has 0 aliphatic carbocycles. The maximum atomic E-state index is 9.17. The molecular weight excluding hydrogens is 168 g/mol. The summed E-state index contributed by atoms with van der Waals surface area (Å²) < 4.78 is 5.03. The summed E-state index contributed by atoms with van der Waals surface area (Å²) in [7, 11) is 3.81. The van der Waals surface area contributed by atoms with Crippen molar-refractivity contribution < 1.29 is 9.84 Å². The van der Waals surface area contributed by atoms with Crippen molar-refractivity contribution in [1.82, 2.24) is 9.80 Å². The zero-order valence-electron chi connectivity index (χ0n) is 8.57. The summed E-state index contributed by atoms with van der Waals surface area (Å²) in [4.78, 5) is 4.55. The highest BCUT2D eigenvalue weighted by atomic mass is 16.5. The lowest BCUT2D eigenvalue weighted by Crippen LogP contribution is -2.54. The number of rotatable bonds is 4. The van der Waals surface area contributed by atoms with E-state index in [4.69, 9.17) is 9.84 Å². The molecule has 0 aromatic carbocycles. The summed E-state index contributed by atoms with van der Waals surface area (Å²) in [6, 6.07) is 0.286. The Morgan fingerprint density at radius 1 is 1.46 bits per heavy atom. The van der Waals surface area contributed by atoms with Gasteiger partial charge in [-0.2, -0.15) is 0 Å². The summed E-state index contributed by atoms with van der Waals surface area (Å²) >= 11 is 0. The van der Waals surface area contributed by atoms with Gasteiger partial charge in [-0.3, -0.25) is 4.90 Å². The minimum Gasteiger partial charge on any atom is -0.395 e. The molecule has 13 heavy (non-hydrogen) atoms. The molecule has 1 heterocycles. The van der Waals surface area contributed by atoms with Gasteiger partial charge < -0.3 is 14.7 Å². The number of hydrogen-bond acceptors (Lipinski definition) is 4. The van der Waals surface area contributed by atoms with E-state index in [-0.39, 0.29) is 12.6 Å². The number of methoxy groups -OCH3 is 1. The average Bonchev–Trinajstić information content (AvgIpc) is 2.16. The van der Waals surface area contributed by atoms with Crippen LogP contribution in [0.25, 0.3) is 0 Å². The smallest absolute Gasteiger partial charge is 0.0599 e. The molecule has 1 N–H and O–H groups in total. The first-order valence-corrected chi connectivity index (χ1v) is 4.80. The summed E-state index contributed by atoms with van der Waals surface area (Å²) in [5, 5.41) is 9.17. The van der Waals surface area contributed by atoms with E-state index in [0.717, 1.165) is 32.8 Å². The molecule has 0 spiro atoms. The first kappa shape index (κ1) is 10.9. The molecule has 4 heteroatoms. The zero-order chi connectivity index (χ0) is 9.68. The fraction of sp³-hybridized carbons (Fsp3) is 1.00. The number of aliphatic hydroxyl groups is 1. The molecular formula is C9H20N2O2. The van der Waals surface area contributed by atoms with Gasteiger partial charge in [0, 0.05) is 39.3 Å². The minimum absolute atomic E-state index is 0.244. The third kappa shape index (κ3) is 3.23. The molecule has 0 amide bonds. The second kappa shape index (κ2) is 5.54. The molecule has 1 aliphatic rings. The predicted octanol–water partition coefficient (Wildman–Crippen LogP) is -0.759. The lowest BCUT2D eigenvalue weighted by molar-refractivity contribution is 0.0334. The van der Waals surface area contributed by atoms with Crippen LogP contribution >= 0.6 is 0 Å². The fourth-order valence-electron chi connectivity index (χ4n) is 1.72. The van der Waals surface area contributed by atoms with Crippen LogP contribution in [-0.4, -0.2) is 74.5 Å². The molecule has 0 aromatic heterocycles. The lowest BCUT2D eigenvalue weighted by atomic mass is 10.2. The van der Waals surface area contributed by atoms with Crippen LogP contribution < -0.4 is 0 Å². The minimum atomic E-state index is 0.244. The number of hydrogen-bond donors (Lipinski definition) is 1. The molecule has 1 atom stereocenters. The third-order valence-electron chi connectivity index (χ3n) is 2.60. The molecule has 0 saturated carbocycles. The standard InChI is InChI=1S/C9H20N2O2/c1-10-3-4-11(5-6-13-2)9(7-10)8-12/h9,12H,3-8H2,1-2H3/t9-/m0/s1. The maximum absolute atomic E-state index is 9.17. The second-order valence-electron chi connectivity index (χ2n) is 3.63. The highest BCUT2D eigenvalue weighted by Gasteiger charge is 2.23. The highest BCUT2D eigenvalue weighted by Crippen LogP contribution is 2.06. The Morgan fingerprint density at radius 3 is 2.85 bits per heavy atom. The van der Waals surface area contributed by atoms with Crippen molar-refractivity contribution >= 4 is 0 Å². The number of likely N-dealkylation sites (N-methyl/N-ethyl adjacent to an activating group) is 1. The zero-order valence-corrected chi connectivity index (χ0v) is 8.57. The van der Waals surface area contributed by atoms with Crippen LogP contribution in [0.2, 0.25) is 0 Å². The largest absolute Gasteiger partial charge is 0.395 e. The number of nitrogens with zero attached hydrogens (tertiary/aromatic N) is 2. The Kier molecular flexibility index (Phi) is 4.66. The van der Waals surface area contributed by atoms with Crippen LogP contribution in [0.4, 0.5) is 0 Å². The molecule has 1 aliphatic heterocycles. The lowest BCUT2D eigenvalue weighted by Gasteiger charge is -2.38.